The van der Waals surface area contributed by atoms with E-state index in [-0.39, 0.29) is 17.0 Å². The number of nitrogens with one attached hydrogen (secondary N) is 1. The first kappa shape index (κ1) is 14.4. The molecule has 8 nitrogen and oxygen atoms in total. The molecule has 0 unspecified atom stereocenters. The fourth-order valence-corrected chi connectivity index (χ4v) is 2.00. The van der Waals surface area contributed by atoms with Gasteiger partial charge >= 0.3 is 0 Å². The summed E-state index contributed by atoms with van der Waals surface area (Å²) in [5, 5.41) is 0. The van der Waals surface area contributed by atoms with Crippen LogP contribution >= 0.6 is 8.38 Å². The van der Waals surface area contributed by atoms with E-state index in [1.54, 1.807) is 10.6 Å². The van der Waals surface area contributed by atoms with E-state index in [1.807, 2.05) is 0 Å². The number of imidazole rings is 1. The number of hydrogen-bond acceptors (Lipinski definition) is 6. The summed E-state index contributed by atoms with van der Waals surface area (Å²) in [6.45, 7) is 4.30. The topological polar surface area (TPSA) is 130 Å². The molecule has 5 N–H and O–H groups in total. The zero-order valence-electron chi connectivity index (χ0n) is 10.5. The van der Waals surface area contributed by atoms with Crippen LogP contribution in [0.5, 0.6) is 0 Å². The van der Waals surface area contributed by atoms with Gasteiger partial charge in [0.15, 0.2) is 19.5 Å². The third-order valence-electron chi connectivity index (χ3n) is 2.61. The molecule has 2 heterocycles. The van der Waals surface area contributed by atoms with E-state index >= 15 is 0 Å². The van der Waals surface area contributed by atoms with Crippen molar-refractivity contribution in [3.05, 3.63) is 40.7 Å². The van der Waals surface area contributed by atoms with Crippen molar-refractivity contribution in [2.45, 2.75) is 13.0 Å². The Morgan fingerprint density at radius 2 is 2.35 bits per heavy atom. The Bertz CT molecular complexity index is 718. The number of H-pyrrole nitrogens is 1. The zero-order valence-corrected chi connectivity index (χ0v) is 11.4. The summed E-state index contributed by atoms with van der Waals surface area (Å²) < 4.78 is 1.70. The summed E-state index contributed by atoms with van der Waals surface area (Å²) >= 11 is 0. The van der Waals surface area contributed by atoms with Crippen molar-refractivity contribution < 1.29 is 9.79 Å². The van der Waals surface area contributed by atoms with Gasteiger partial charge in [0, 0.05) is 6.54 Å². The SMILES string of the molecule is C=C(/C=C/P(O)O)CCn1cnc2c(=O)[nH]c(N)nc21. The third kappa shape index (κ3) is 3.30. The maximum absolute atomic E-state index is 11.6. The van der Waals surface area contributed by atoms with Crippen molar-refractivity contribution in [3.63, 3.8) is 0 Å². The summed E-state index contributed by atoms with van der Waals surface area (Å²) in [5.74, 6) is 1.32. The minimum atomic E-state index is -2.06. The average Bonchev–Trinajstić information content (AvgIpc) is 2.77. The molecular weight excluding hydrogens is 281 g/mol. The highest BCUT2D eigenvalue weighted by molar-refractivity contribution is 7.48. The molecule has 0 bridgehead atoms. The minimum absolute atomic E-state index is 0.0363. The second kappa shape index (κ2) is 5.96. The molecule has 106 valence electrons. The van der Waals surface area contributed by atoms with E-state index in [2.05, 4.69) is 21.5 Å². The van der Waals surface area contributed by atoms with Gasteiger partial charge in [-0.2, -0.15) is 4.98 Å². The van der Waals surface area contributed by atoms with E-state index in [0.717, 1.165) is 5.57 Å². The van der Waals surface area contributed by atoms with Crippen molar-refractivity contribution in [2.24, 2.45) is 0 Å². The first-order chi connectivity index (χ1) is 9.47. The standard InChI is InChI=1S/C11H14N5O3P/c1-7(3-5-20(18)19)2-4-16-6-13-8-9(16)14-11(12)15-10(8)17/h3,5-6,18-19H,1-2,4H2,(H3,12,14,15,17)/b5-3+. The largest absolute Gasteiger partial charge is 0.369 e. The van der Waals surface area contributed by atoms with Gasteiger partial charge < -0.3 is 20.1 Å². The molecule has 0 saturated heterocycles. The van der Waals surface area contributed by atoms with Crippen molar-refractivity contribution >= 4 is 25.5 Å². The monoisotopic (exact) mass is 295 g/mol. The number of anilines is 1. The molecular formula is C11H14N5O3P. The zero-order chi connectivity index (χ0) is 14.7. The van der Waals surface area contributed by atoms with Gasteiger partial charge in [-0.15, -0.1) is 0 Å². The van der Waals surface area contributed by atoms with Crippen LogP contribution in [0, 0.1) is 0 Å². The van der Waals surface area contributed by atoms with Crippen LogP contribution in [-0.2, 0) is 6.54 Å². The lowest BCUT2D eigenvalue weighted by molar-refractivity contribution is 0.495. The molecule has 0 saturated carbocycles. The lowest BCUT2D eigenvalue weighted by Crippen LogP contribution is -2.12. The van der Waals surface area contributed by atoms with Gasteiger partial charge in [0.05, 0.1) is 6.33 Å². The molecule has 0 aliphatic rings. The third-order valence-corrected chi connectivity index (χ3v) is 3.03. The van der Waals surface area contributed by atoms with Gasteiger partial charge in [-0.05, 0) is 12.2 Å². The van der Waals surface area contributed by atoms with Crippen LogP contribution in [0.2, 0.25) is 0 Å². The first-order valence-electron chi connectivity index (χ1n) is 5.71. The second-order valence-electron chi connectivity index (χ2n) is 4.11. The summed E-state index contributed by atoms with van der Waals surface area (Å²) in [4.78, 5) is 39.5. The van der Waals surface area contributed by atoms with Crippen LogP contribution in [0.3, 0.4) is 0 Å². The average molecular weight is 295 g/mol. The number of fused-ring (bicyclic) bond motifs is 1. The Morgan fingerprint density at radius 1 is 1.60 bits per heavy atom. The van der Waals surface area contributed by atoms with Gasteiger partial charge in [-0.25, -0.2) is 4.98 Å². The van der Waals surface area contributed by atoms with Crippen molar-refractivity contribution in [1.29, 1.82) is 0 Å². The molecule has 0 amide bonds. The fourth-order valence-electron chi connectivity index (χ4n) is 1.65. The minimum Gasteiger partial charge on any atom is -0.369 e. The van der Waals surface area contributed by atoms with Crippen LogP contribution in [0.1, 0.15) is 6.42 Å². The number of nitrogen functional groups attached to an aromatic ring is 1. The Kier molecular flexibility index (Phi) is 4.29. The summed E-state index contributed by atoms with van der Waals surface area (Å²) in [6.07, 6.45) is 3.62. The molecule has 20 heavy (non-hydrogen) atoms. The highest BCUT2D eigenvalue weighted by Gasteiger charge is 2.08. The smallest absolute Gasteiger partial charge is 0.280 e. The van der Waals surface area contributed by atoms with Crippen LogP contribution in [0.4, 0.5) is 5.95 Å². The van der Waals surface area contributed by atoms with E-state index in [4.69, 9.17) is 15.5 Å². The Morgan fingerprint density at radius 3 is 3.05 bits per heavy atom. The second-order valence-corrected chi connectivity index (χ2v) is 5.04. The number of allylic oxidation sites excluding steroid dienone is 2. The Balaban J connectivity index is 2.15. The highest BCUT2D eigenvalue weighted by atomic mass is 31.2. The van der Waals surface area contributed by atoms with E-state index in [1.165, 1.54) is 12.1 Å². The number of aromatic amines is 1. The van der Waals surface area contributed by atoms with Gasteiger partial charge in [0.1, 0.15) is 0 Å². The van der Waals surface area contributed by atoms with Gasteiger partial charge in [0.2, 0.25) is 5.95 Å². The number of hydrogen-bond donors (Lipinski definition) is 4. The predicted molar refractivity (Wildman–Crippen MR) is 76.8 cm³/mol. The molecule has 0 atom stereocenters. The molecule has 0 fully saturated rings. The van der Waals surface area contributed by atoms with Gasteiger partial charge in [0.25, 0.3) is 5.56 Å². The van der Waals surface area contributed by atoms with Crippen molar-refractivity contribution in [1.82, 2.24) is 19.5 Å². The Labute approximate surface area is 115 Å². The number of nitrogens with zero attached hydrogens (tertiary/aromatic N) is 3. The number of nitrogens with two attached hydrogens (primary N) is 1. The molecule has 9 heteroatoms. The fraction of sp³-hybridized carbons (Fsp3) is 0.182. The molecule has 2 aromatic rings. The summed E-state index contributed by atoms with van der Waals surface area (Å²) in [5.41, 5.74) is 6.49. The normalized spacial score (nSPS) is 11.8. The number of aryl methyl sites for hydroxylation is 1. The molecule has 2 aromatic heterocycles. The summed E-state index contributed by atoms with van der Waals surface area (Å²) in [7, 11) is -2.06. The van der Waals surface area contributed by atoms with Crippen LogP contribution in [0.15, 0.2) is 35.2 Å². The van der Waals surface area contributed by atoms with Crippen LogP contribution in [0.25, 0.3) is 11.2 Å². The molecule has 0 radical (unpaired) electrons. The Hall–Kier alpha value is -2.02. The quantitative estimate of drug-likeness (QED) is 0.468. The maximum atomic E-state index is 11.6. The lowest BCUT2D eigenvalue weighted by atomic mass is 10.2. The molecule has 0 aliphatic carbocycles. The predicted octanol–water partition coefficient (Wildman–Crippen LogP) is 0.458. The van der Waals surface area contributed by atoms with Crippen LogP contribution in [-0.4, -0.2) is 29.3 Å². The van der Waals surface area contributed by atoms with E-state index in [0.29, 0.717) is 18.6 Å². The summed E-state index contributed by atoms with van der Waals surface area (Å²) in [6, 6.07) is 0. The molecule has 2 rings (SSSR count). The van der Waals surface area contributed by atoms with E-state index < -0.39 is 8.38 Å². The molecule has 0 aliphatic heterocycles. The highest BCUT2D eigenvalue weighted by Crippen LogP contribution is 2.25. The van der Waals surface area contributed by atoms with Gasteiger partial charge in [-0.1, -0.05) is 18.2 Å². The lowest BCUT2D eigenvalue weighted by Gasteiger charge is -2.04. The molecule has 0 spiro atoms. The van der Waals surface area contributed by atoms with E-state index in [9.17, 15) is 4.79 Å². The number of aromatic nitrogens is 4. The van der Waals surface area contributed by atoms with Gasteiger partial charge in [-0.3, -0.25) is 9.78 Å². The van der Waals surface area contributed by atoms with Crippen molar-refractivity contribution in [3.8, 4) is 0 Å². The van der Waals surface area contributed by atoms with Crippen LogP contribution < -0.4 is 11.3 Å². The van der Waals surface area contributed by atoms with Crippen molar-refractivity contribution in [2.75, 3.05) is 5.73 Å². The molecule has 0 aromatic carbocycles. The maximum Gasteiger partial charge on any atom is 0.280 e. The first-order valence-corrected chi connectivity index (χ1v) is 7.02. The number of rotatable bonds is 5.